The number of hydrogen-bond donors (Lipinski definition) is 2. The van der Waals surface area contributed by atoms with E-state index < -0.39 is 0 Å². The van der Waals surface area contributed by atoms with Crippen LogP contribution in [-0.2, 0) is 11.2 Å². The van der Waals surface area contributed by atoms with Crippen LogP contribution in [0.1, 0.15) is 36.8 Å². The van der Waals surface area contributed by atoms with Crippen LogP contribution in [0.4, 0.5) is 0 Å². The Morgan fingerprint density at radius 3 is 2.63 bits per heavy atom. The molecule has 0 aliphatic heterocycles. The molecule has 0 bridgehead atoms. The van der Waals surface area contributed by atoms with Gasteiger partial charge < -0.3 is 10.4 Å². The highest BCUT2D eigenvalue weighted by atomic mass is 16.3. The number of amides is 1. The van der Waals surface area contributed by atoms with Gasteiger partial charge in [-0.3, -0.25) is 4.79 Å². The molecule has 3 nitrogen and oxygen atoms in total. The number of hydrogen-bond acceptors (Lipinski definition) is 2. The largest absolute Gasteiger partial charge is 0.396 e. The average molecular weight is 261 g/mol. The highest BCUT2D eigenvalue weighted by Crippen LogP contribution is 2.24. The molecule has 0 saturated heterocycles. The van der Waals surface area contributed by atoms with Crippen molar-refractivity contribution in [3.63, 3.8) is 0 Å². The third kappa shape index (κ3) is 4.06. The van der Waals surface area contributed by atoms with E-state index in [4.69, 9.17) is 0 Å². The lowest BCUT2D eigenvalue weighted by molar-refractivity contribution is -0.121. The minimum atomic E-state index is 0.0641. The van der Waals surface area contributed by atoms with Gasteiger partial charge in [0.05, 0.1) is 6.42 Å². The lowest BCUT2D eigenvalue weighted by atomic mass is 9.85. The fourth-order valence-electron chi connectivity index (χ4n) is 2.77. The van der Waals surface area contributed by atoms with Crippen molar-refractivity contribution in [1.82, 2.24) is 5.32 Å². The fourth-order valence-corrected chi connectivity index (χ4v) is 2.77. The predicted octanol–water partition coefficient (Wildman–Crippen LogP) is 2.20. The summed E-state index contributed by atoms with van der Waals surface area (Å²) >= 11 is 0. The summed E-state index contributed by atoms with van der Waals surface area (Å²) in [6.45, 7) is 2.22. The van der Waals surface area contributed by atoms with Gasteiger partial charge in [0.2, 0.25) is 5.91 Å². The molecule has 2 N–H and O–H groups in total. The van der Waals surface area contributed by atoms with Gasteiger partial charge in [0.15, 0.2) is 0 Å². The molecule has 2 unspecified atom stereocenters. The SMILES string of the molecule is Cc1ccc(CC(=O)NC2CCCCC2CO)cc1. The van der Waals surface area contributed by atoms with Crippen molar-refractivity contribution in [3.8, 4) is 0 Å². The van der Waals surface area contributed by atoms with E-state index in [0.717, 1.165) is 31.2 Å². The van der Waals surface area contributed by atoms with E-state index >= 15 is 0 Å². The summed E-state index contributed by atoms with van der Waals surface area (Å²) in [4.78, 5) is 12.0. The number of rotatable bonds is 4. The van der Waals surface area contributed by atoms with Crippen molar-refractivity contribution in [2.24, 2.45) is 5.92 Å². The Bertz CT molecular complexity index is 413. The summed E-state index contributed by atoms with van der Waals surface area (Å²) in [6.07, 6.45) is 4.74. The van der Waals surface area contributed by atoms with Crippen LogP contribution >= 0.6 is 0 Å². The molecule has 1 aliphatic carbocycles. The van der Waals surface area contributed by atoms with E-state index in [2.05, 4.69) is 5.32 Å². The molecule has 0 aromatic heterocycles. The van der Waals surface area contributed by atoms with E-state index in [1.807, 2.05) is 31.2 Å². The molecule has 0 radical (unpaired) electrons. The third-order valence-electron chi connectivity index (χ3n) is 3.98. The third-order valence-corrected chi connectivity index (χ3v) is 3.98. The summed E-state index contributed by atoms with van der Waals surface area (Å²) in [5.74, 6) is 0.296. The van der Waals surface area contributed by atoms with Crippen LogP contribution in [0.15, 0.2) is 24.3 Å². The van der Waals surface area contributed by atoms with Crippen LogP contribution in [0, 0.1) is 12.8 Å². The molecule has 1 aromatic rings. The van der Waals surface area contributed by atoms with Gasteiger partial charge in [0.25, 0.3) is 0 Å². The number of carbonyl (C=O) groups is 1. The molecule has 0 heterocycles. The van der Waals surface area contributed by atoms with E-state index in [1.165, 1.54) is 5.56 Å². The van der Waals surface area contributed by atoms with Crippen LogP contribution in [0.5, 0.6) is 0 Å². The van der Waals surface area contributed by atoms with Crippen LogP contribution in [-0.4, -0.2) is 23.7 Å². The Labute approximate surface area is 115 Å². The fraction of sp³-hybridized carbons (Fsp3) is 0.562. The zero-order chi connectivity index (χ0) is 13.7. The van der Waals surface area contributed by atoms with Gasteiger partial charge in [0, 0.05) is 18.6 Å². The Hall–Kier alpha value is -1.35. The van der Waals surface area contributed by atoms with Gasteiger partial charge in [-0.05, 0) is 25.3 Å². The molecule has 1 fully saturated rings. The Kier molecular flexibility index (Phi) is 4.97. The van der Waals surface area contributed by atoms with Crippen molar-refractivity contribution in [2.75, 3.05) is 6.61 Å². The van der Waals surface area contributed by atoms with E-state index in [-0.39, 0.29) is 24.5 Å². The monoisotopic (exact) mass is 261 g/mol. The molecular weight excluding hydrogens is 238 g/mol. The maximum absolute atomic E-state index is 12.0. The van der Waals surface area contributed by atoms with Gasteiger partial charge in [-0.1, -0.05) is 42.7 Å². The van der Waals surface area contributed by atoms with Gasteiger partial charge in [-0.15, -0.1) is 0 Å². The smallest absolute Gasteiger partial charge is 0.224 e. The molecule has 2 atom stereocenters. The Morgan fingerprint density at radius 2 is 1.95 bits per heavy atom. The van der Waals surface area contributed by atoms with Crippen LogP contribution < -0.4 is 5.32 Å². The quantitative estimate of drug-likeness (QED) is 0.873. The molecule has 3 heteroatoms. The number of nitrogens with one attached hydrogen (secondary N) is 1. The molecule has 19 heavy (non-hydrogen) atoms. The minimum absolute atomic E-state index is 0.0641. The number of benzene rings is 1. The topological polar surface area (TPSA) is 49.3 Å². The molecule has 0 spiro atoms. The minimum Gasteiger partial charge on any atom is -0.396 e. The molecule has 1 saturated carbocycles. The molecule has 1 amide bonds. The van der Waals surface area contributed by atoms with Crippen LogP contribution in [0.3, 0.4) is 0 Å². The molecule has 2 rings (SSSR count). The second-order valence-corrected chi connectivity index (χ2v) is 5.56. The van der Waals surface area contributed by atoms with Gasteiger partial charge in [-0.2, -0.15) is 0 Å². The average Bonchev–Trinajstić information content (AvgIpc) is 2.42. The zero-order valence-corrected chi connectivity index (χ0v) is 11.6. The second kappa shape index (κ2) is 6.71. The first-order chi connectivity index (χ1) is 9.19. The summed E-state index contributed by atoms with van der Waals surface area (Å²) in [7, 11) is 0. The van der Waals surface area contributed by atoms with Gasteiger partial charge >= 0.3 is 0 Å². The molecule has 1 aromatic carbocycles. The van der Waals surface area contributed by atoms with E-state index in [0.29, 0.717) is 6.42 Å². The molecule has 104 valence electrons. The highest BCUT2D eigenvalue weighted by molar-refractivity contribution is 5.78. The van der Waals surface area contributed by atoms with Crippen molar-refractivity contribution < 1.29 is 9.90 Å². The first-order valence-corrected chi connectivity index (χ1v) is 7.15. The van der Waals surface area contributed by atoms with Crippen molar-refractivity contribution >= 4 is 5.91 Å². The lowest BCUT2D eigenvalue weighted by Gasteiger charge is -2.30. The van der Waals surface area contributed by atoms with E-state index in [1.54, 1.807) is 0 Å². The number of aliphatic hydroxyl groups is 1. The van der Waals surface area contributed by atoms with Crippen molar-refractivity contribution in [2.45, 2.75) is 45.1 Å². The van der Waals surface area contributed by atoms with Crippen LogP contribution in [0.2, 0.25) is 0 Å². The molecule has 1 aliphatic rings. The maximum atomic E-state index is 12.0. The first-order valence-electron chi connectivity index (χ1n) is 7.15. The Morgan fingerprint density at radius 1 is 1.26 bits per heavy atom. The van der Waals surface area contributed by atoms with Gasteiger partial charge in [0.1, 0.15) is 0 Å². The highest BCUT2D eigenvalue weighted by Gasteiger charge is 2.25. The summed E-state index contributed by atoms with van der Waals surface area (Å²) < 4.78 is 0. The van der Waals surface area contributed by atoms with E-state index in [9.17, 15) is 9.90 Å². The van der Waals surface area contributed by atoms with Crippen LogP contribution in [0.25, 0.3) is 0 Å². The normalized spacial score (nSPS) is 23.1. The van der Waals surface area contributed by atoms with Crippen molar-refractivity contribution in [3.05, 3.63) is 35.4 Å². The van der Waals surface area contributed by atoms with Crippen molar-refractivity contribution in [1.29, 1.82) is 0 Å². The standard InChI is InChI=1S/C16H23NO2/c1-12-6-8-13(9-7-12)10-16(19)17-15-5-3-2-4-14(15)11-18/h6-9,14-15,18H,2-5,10-11H2,1H3,(H,17,19). The number of aliphatic hydroxyl groups excluding tert-OH is 1. The molecular formula is C16H23NO2. The van der Waals surface area contributed by atoms with Gasteiger partial charge in [-0.25, -0.2) is 0 Å². The lowest BCUT2D eigenvalue weighted by Crippen LogP contribution is -2.44. The Balaban J connectivity index is 1.88. The maximum Gasteiger partial charge on any atom is 0.224 e. The number of carbonyl (C=O) groups excluding carboxylic acids is 1. The summed E-state index contributed by atoms with van der Waals surface area (Å²) in [5.41, 5.74) is 2.25. The summed E-state index contributed by atoms with van der Waals surface area (Å²) in [6, 6.07) is 8.20. The summed E-state index contributed by atoms with van der Waals surface area (Å²) in [5, 5.41) is 12.4. The second-order valence-electron chi connectivity index (χ2n) is 5.56. The zero-order valence-electron chi connectivity index (χ0n) is 11.6. The first kappa shape index (κ1) is 14.1. The predicted molar refractivity (Wildman–Crippen MR) is 75.9 cm³/mol. The number of aryl methyl sites for hydroxylation is 1.